The lowest BCUT2D eigenvalue weighted by molar-refractivity contribution is 0.189. The van der Waals surface area contributed by atoms with Gasteiger partial charge in [0.25, 0.3) is 0 Å². The third-order valence-corrected chi connectivity index (χ3v) is 7.40. The summed E-state index contributed by atoms with van der Waals surface area (Å²) in [5.74, 6) is 1.21. The molecule has 136 valence electrons. The van der Waals surface area contributed by atoms with Crippen molar-refractivity contribution >= 4 is 38.6 Å². The molecule has 1 aliphatic heterocycles. The van der Waals surface area contributed by atoms with Crippen molar-refractivity contribution in [3.05, 3.63) is 78.9 Å². The number of hydrogen-bond acceptors (Lipinski definition) is 6. The van der Waals surface area contributed by atoms with Gasteiger partial charge in [0.05, 0.1) is 18.2 Å². The van der Waals surface area contributed by atoms with E-state index in [1.807, 2.05) is 35.6 Å². The summed E-state index contributed by atoms with van der Waals surface area (Å²) in [7, 11) is 0. The van der Waals surface area contributed by atoms with Crippen molar-refractivity contribution in [2.24, 2.45) is 0 Å². The predicted octanol–water partition coefficient (Wildman–Crippen LogP) is 5.77. The van der Waals surface area contributed by atoms with Crippen LogP contribution in [0.2, 0.25) is 0 Å². The summed E-state index contributed by atoms with van der Waals surface area (Å²) in [5, 5.41) is 12.9. The van der Waals surface area contributed by atoms with Gasteiger partial charge in [-0.05, 0) is 62.9 Å². The Labute approximate surface area is 173 Å². The van der Waals surface area contributed by atoms with Gasteiger partial charge in [-0.3, -0.25) is 4.90 Å². The van der Waals surface area contributed by atoms with Gasteiger partial charge in [0, 0.05) is 20.8 Å². The van der Waals surface area contributed by atoms with Crippen LogP contribution in [0.25, 0.3) is 11.5 Å². The fourth-order valence-corrected chi connectivity index (χ4v) is 5.79. The van der Waals surface area contributed by atoms with Crippen LogP contribution in [0, 0.1) is 0 Å². The van der Waals surface area contributed by atoms with Crippen molar-refractivity contribution in [2.45, 2.75) is 19.0 Å². The zero-order valence-electron chi connectivity index (χ0n) is 14.3. The molecule has 7 heteroatoms. The average Bonchev–Trinajstić information content (AvgIpc) is 3.44. The lowest BCUT2D eigenvalue weighted by Gasteiger charge is -2.34. The van der Waals surface area contributed by atoms with Crippen molar-refractivity contribution in [3.63, 3.8) is 0 Å². The third kappa shape index (κ3) is 3.29. The maximum Gasteiger partial charge on any atom is 0.248 e. The first-order valence-electron chi connectivity index (χ1n) is 8.70. The van der Waals surface area contributed by atoms with Gasteiger partial charge in [-0.15, -0.1) is 32.9 Å². The maximum absolute atomic E-state index is 6.00. The molecule has 3 aromatic heterocycles. The molecular formula is C20H16BrN3OS2. The number of benzene rings is 1. The molecule has 0 aliphatic carbocycles. The van der Waals surface area contributed by atoms with Gasteiger partial charge < -0.3 is 4.42 Å². The number of aromatic nitrogens is 2. The van der Waals surface area contributed by atoms with E-state index in [0.717, 1.165) is 23.0 Å². The second-order valence-electron chi connectivity index (χ2n) is 6.42. The van der Waals surface area contributed by atoms with Gasteiger partial charge in [-0.2, -0.15) is 0 Å². The molecule has 0 saturated heterocycles. The molecule has 0 fully saturated rings. The minimum absolute atomic E-state index is 0.263. The Morgan fingerprint density at radius 3 is 2.85 bits per heavy atom. The maximum atomic E-state index is 6.00. The number of thiophene rings is 2. The molecule has 0 N–H and O–H groups in total. The molecular weight excluding hydrogens is 442 g/mol. The van der Waals surface area contributed by atoms with Crippen LogP contribution in [0.3, 0.4) is 0 Å². The third-order valence-electron chi connectivity index (χ3n) is 4.79. The van der Waals surface area contributed by atoms with E-state index in [4.69, 9.17) is 4.42 Å². The molecule has 0 radical (unpaired) electrons. The minimum Gasteiger partial charge on any atom is -0.419 e. The molecule has 27 heavy (non-hydrogen) atoms. The Balaban J connectivity index is 1.44. The molecule has 0 unspecified atom stereocenters. The highest BCUT2D eigenvalue weighted by atomic mass is 79.9. The number of fused-ring (bicyclic) bond motifs is 1. The van der Waals surface area contributed by atoms with Gasteiger partial charge in [0.15, 0.2) is 0 Å². The van der Waals surface area contributed by atoms with E-state index in [-0.39, 0.29) is 6.04 Å². The second-order valence-corrected chi connectivity index (χ2v) is 9.25. The summed E-state index contributed by atoms with van der Waals surface area (Å²) >= 11 is 7.22. The molecule has 1 aliphatic rings. The molecule has 1 atom stereocenters. The zero-order valence-corrected chi connectivity index (χ0v) is 17.6. The highest BCUT2D eigenvalue weighted by Gasteiger charge is 2.31. The first-order chi connectivity index (χ1) is 13.3. The summed E-state index contributed by atoms with van der Waals surface area (Å²) in [6.07, 6.45) is 1.07. The first kappa shape index (κ1) is 17.3. The Hall–Kier alpha value is -1.80. The lowest BCUT2D eigenvalue weighted by atomic mass is 9.98. The van der Waals surface area contributed by atoms with E-state index in [2.05, 4.69) is 60.0 Å². The molecule has 4 nitrogen and oxygen atoms in total. The summed E-state index contributed by atoms with van der Waals surface area (Å²) in [6, 6.07) is 14.8. The largest absolute Gasteiger partial charge is 0.419 e. The highest BCUT2D eigenvalue weighted by molar-refractivity contribution is 9.10. The van der Waals surface area contributed by atoms with Crippen LogP contribution in [0.15, 0.2) is 62.1 Å². The molecule has 0 spiro atoms. The number of halogens is 1. The van der Waals surface area contributed by atoms with Crippen LogP contribution in [0.5, 0.6) is 0 Å². The number of nitrogens with zero attached hydrogens (tertiary/aromatic N) is 3. The van der Waals surface area contributed by atoms with Gasteiger partial charge >= 0.3 is 0 Å². The van der Waals surface area contributed by atoms with Crippen LogP contribution in [0.1, 0.15) is 27.3 Å². The molecule has 5 rings (SSSR count). The van der Waals surface area contributed by atoms with Crippen molar-refractivity contribution in [2.75, 3.05) is 6.54 Å². The Kier molecular flexibility index (Phi) is 4.69. The Morgan fingerprint density at radius 2 is 2.00 bits per heavy atom. The van der Waals surface area contributed by atoms with Crippen molar-refractivity contribution in [3.8, 4) is 11.5 Å². The Morgan fingerprint density at radius 1 is 1.07 bits per heavy atom. The van der Waals surface area contributed by atoms with Crippen LogP contribution in [-0.4, -0.2) is 21.6 Å². The van der Waals surface area contributed by atoms with Crippen LogP contribution >= 0.6 is 38.6 Å². The van der Waals surface area contributed by atoms with Crippen LogP contribution in [-0.2, 0) is 13.0 Å². The fourth-order valence-electron chi connectivity index (χ4n) is 3.55. The molecule has 0 amide bonds. The standard InChI is InChI=1S/C20H16BrN3OS2/c21-15-5-2-1-4-13(15)20-23-22-18(25-20)12-24-9-7-16-14(8-11-27-16)19(24)17-6-3-10-26-17/h1-6,8,10-11,19H,7,9,12H2/t19-/m1/s1. The number of rotatable bonds is 4. The molecule has 4 aromatic rings. The molecule has 0 bridgehead atoms. The zero-order chi connectivity index (χ0) is 18.2. The molecule has 4 heterocycles. The van der Waals surface area contributed by atoms with Gasteiger partial charge in [0.1, 0.15) is 0 Å². The Bertz CT molecular complexity index is 1060. The molecule has 1 aromatic carbocycles. The van der Waals surface area contributed by atoms with Crippen LogP contribution in [0.4, 0.5) is 0 Å². The van der Waals surface area contributed by atoms with E-state index in [0.29, 0.717) is 18.3 Å². The van der Waals surface area contributed by atoms with E-state index in [1.165, 1.54) is 15.3 Å². The quantitative estimate of drug-likeness (QED) is 0.390. The topological polar surface area (TPSA) is 42.2 Å². The normalized spacial score (nSPS) is 17.1. The van der Waals surface area contributed by atoms with Crippen molar-refractivity contribution in [1.29, 1.82) is 0 Å². The summed E-state index contributed by atoms with van der Waals surface area (Å²) < 4.78 is 6.96. The van der Waals surface area contributed by atoms with Crippen LogP contribution < -0.4 is 0 Å². The molecule has 0 saturated carbocycles. The first-order valence-corrected chi connectivity index (χ1v) is 11.3. The van der Waals surface area contributed by atoms with E-state index in [9.17, 15) is 0 Å². The van der Waals surface area contributed by atoms with Gasteiger partial charge in [0.2, 0.25) is 11.8 Å². The fraction of sp³-hybridized carbons (Fsp3) is 0.200. The number of hydrogen-bond donors (Lipinski definition) is 0. The highest BCUT2D eigenvalue weighted by Crippen LogP contribution is 2.40. The van der Waals surface area contributed by atoms with E-state index < -0.39 is 0 Å². The second kappa shape index (κ2) is 7.31. The van der Waals surface area contributed by atoms with E-state index in [1.54, 1.807) is 11.3 Å². The average molecular weight is 458 g/mol. The minimum atomic E-state index is 0.263. The van der Waals surface area contributed by atoms with Gasteiger partial charge in [-0.25, -0.2) is 0 Å². The SMILES string of the molecule is Brc1ccccc1-c1nnc(CN2CCc3sccc3[C@@H]2c2cccs2)o1. The van der Waals surface area contributed by atoms with Crippen molar-refractivity contribution < 1.29 is 4.42 Å². The smallest absolute Gasteiger partial charge is 0.248 e. The monoisotopic (exact) mass is 457 g/mol. The van der Waals surface area contributed by atoms with Crippen molar-refractivity contribution in [1.82, 2.24) is 15.1 Å². The lowest BCUT2D eigenvalue weighted by Crippen LogP contribution is -2.34. The van der Waals surface area contributed by atoms with Gasteiger partial charge in [-0.1, -0.05) is 18.2 Å². The summed E-state index contributed by atoms with van der Waals surface area (Å²) in [6.45, 7) is 1.64. The van der Waals surface area contributed by atoms with E-state index >= 15 is 0 Å². The summed E-state index contributed by atoms with van der Waals surface area (Å²) in [4.78, 5) is 5.29. The summed E-state index contributed by atoms with van der Waals surface area (Å²) in [5.41, 5.74) is 2.34. The predicted molar refractivity (Wildman–Crippen MR) is 112 cm³/mol.